The summed E-state index contributed by atoms with van der Waals surface area (Å²) < 4.78 is 39.5. The highest BCUT2D eigenvalue weighted by Gasteiger charge is 2.43. The van der Waals surface area contributed by atoms with Crippen molar-refractivity contribution in [2.75, 3.05) is 13.2 Å². The summed E-state index contributed by atoms with van der Waals surface area (Å²) in [4.78, 5) is 0. The molecule has 0 unspecified atom stereocenters. The van der Waals surface area contributed by atoms with Crippen molar-refractivity contribution < 1.29 is 23.1 Å². The molecule has 1 heterocycles. The molecule has 5 nitrogen and oxygen atoms in total. The lowest BCUT2D eigenvalue weighted by atomic mass is 9.95. The SMILES string of the molecule is CC(C)[Si](C#C[C@@H](CCCC1OCC(C)(C)CO1)P(=O)(OCc1ccccc1)OCc1ccccc1)(C(C)C)C(C)C. The fourth-order valence-electron chi connectivity index (χ4n) is 6.02. The van der Waals surface area contributed by atoms with Gasteiger partial charge in [0.15, 0.2) is 6.29 Å². The maximum atomic E-state index is 14.9. The highest BCUT2D eigenvalue weighted by Crippen LogP contribution is 2.56. The van der Waals surface area contributed by atoms with Crippen molar-refractivity contribution in [3.05, 3.63) is 71.8 Å². The van der Waals surface area contributed by atoms with E-state index in [-0.39, 0.29) is 24.9 Å². The quantitative estimate of drug-likeness (QED) is 0.121. The maximum absolute atomic E-state index is 14.9. The van der Waals surface area contributed by atoms with Crippen LogP contribution in [0.4, 0.5) is 0 Å². The number of ether oxygens (including phenoxy) is 2. The average molecular weight is 613 g/mol. The summed E-state index contributed by atoms with van der Waals surface area (Å²) in [5.74, 6) is 3.59. The van der Waals surface area contributed by atoms with E-state index in [4.69, 9.17) is 18.5 Å². The van der Waals surface area contributed by atoms with Crippen LogP contribution < -0.4 is 0 Å². The van der Waals surface area contributed by atoms with Gasteiger partial charge in [-0.1, -0.05) is 122 Å². The Kier molecular flexibility index (Phi) is 13.1. The Labute approximate surface area is 256 Å². The molecule has 0 aliphatic carbocycles. The fraction of sp³-hybridized carbons (Fsp3) is 0.600. The maximum Gasteiger partial charge on any atom is 0.346 e. The molecule has 1 aliphatic heterocycles. The minimum Gasteiger partial charge on any atom is -0.352 e. The van der Waals surface area contributed by atoms with Crippen LogP contribution >= 0.6 is 7.60 Å². The first-order valence-electron chi connectivity index (χ1n) is 15.6. The molecule has 0 radical (unpaired) electrons. The molecule has 2 aromatic carbocycles. The molecular formula is C35H53O5PSi. The molecule has 42 heavy (non-hydrogen) atoms. The van der Waals surface area contributed by atoms with Gasteiger partial charge < -0.3 is 18.5 Å². The lowest BCUT2D eigenvalue weighted by Gasteiger charge is -2.38. The molecule has 0 bridgehead atoms. The number of hydrogen-bond acceptors (Lipinski definition) is 5. The highest BCUT2D eigenvalue weighted by molar-refractivity contribution is 7.55. The van der Waals surface area contributed by atoms with Gasteiger partial charge in [0.05, 0.1) is 26.4 Å². The molecule has 2 aromatic rings. The van der Waals surface area contributed by atoms with Crippen LogP contribution in [0.2, 0.25) is 16.6 Å². The normalized spacial score (nSPS) is 16.9. The van der Waals surface area contributed by atoms with E-state index in [1.54, 1.807) is 0 Å². The number of rotatable bonds is 14. The van der Waals surface area contributed by atoms with Gasteiger partial charge >= 0.3 is 7.60 Å². The fourth-order valence-corrected chi connectivity index (χ4v) is 13.2. The van der Waals surface area contributed by atoms with Gasteiger partial charge in [-0.15, -0.1) is 5.54 Å². The van der Waals surface area contributed by atoms with E-state index in [0.717, 1.165) is 17.5 Å². The zero-order valence-corrected chi connectivity index (χ0v) is 29.0. The topological polar surface area (TPSA) is 54.0 Å². The van der Waals surface area contributed by atoms with E-state index in [2.05, 4.69) is 66.9 Å². The van der Waals surface area contributed by atoms with Crippen LogP contribution in [0.1, 0.15) is 85.8 Å². The van der Waals surface area contributed by atoms with Crippen molar-refractivity contribution >= 4 is 15.7 Å². The van der Waals surface area contributed by atoms with Gasteiger partial charge in [-0.3, -0.25) is 4.57 Å². The molecule has 3 rings (SSSR count). The van der Waals surface area contributed by atoms with Crippen molar-refractivity contribution in [2.24, 2.45) is 5.41 Å². The molecule has 0 amide bonds. The standard InChI is InChI=1S/C35H53O5PSi/c1-28(2)42(29(3)4,30(5)6)23-22-33(20-15-21-34-37-26-35(7,8)27-38-34)41(36,39-24-31-16-11-9-12-17-31)40-25-32-18-13-10-14-19-32/h9-14,16-19,28-30,33-34H,15,20-21,24-27H2,1-8H3/t33-/m1/s1. The predicted octanol–water partition coefficient (Wildman–Crippen LogP) is 9.77. The summed E-state index contributed by atoms with van der Waals surface area (Å²) in [7, 11) is -5.73. The highest BCUT2D eigenvalue weighted by atomic mass is 31.2. The Balaban J connectivity index is 1.93. The van der Waals surface area contributed by atoms with E-state index in [0.29, 0.717) is 42.7 Å². The van der Waals surface area contributed by atoms with E-state index in [1.165, 1.54) is 0 Å². The van der Waals surface area contributed by atoms with Gasteiger partial charge in [0.2, 0.25) is 0 Å². The smallest absolute Gasteiger partial charge is 0.346 e. The molecule has 0 saturated carbocycles. The Morgan fingerprint density at radius 3 is 1.71 bits per heavy atom. The predicted molar refractivity (Wildman–Crippen MR) is 176 cm³/mol. The van der Waals surface area contributed by atoms with Crippen molar-refractivity contribution in [1.82, 2.24) is 0 Å². The van der Waals surface area contributed by atoms with Crippen LogP contribution in [0.5, 0.6) is 0 Å². The molecule has 0 spiro atoms. The average Bonchev–Trinajstić information content (AvgIpc) is 2.95. The number of benzene rings is 2. The van der Waals surface area contributed by atoms with Gasteiger partial charge in [0.25, 0.3) is 0 Å². The first kappa shape index (κ1) is 34.8. The summed E-state index contributed by atoms with van der Waals surface area (Å²) in [6, 6.07) is 19.7. The second kappa shape index (κ2) is 15.8. The summed E-state index contributed by atoms with van der Waals surface area (Å²) in [6.07, 6.45) is 1.79. The largest absolute Gasteiger partial charge is 0.352 e. The summed E-state index contributed by atoms with van der Waals surface area (Å²) in [5, 5.41) is 0. The van der Waals surface area contributed by atoms with Gasteiger partial charge in [-0.25, -0.2) is 0 Å². The molecular weight excluding hydrogens is 559 g/mol. The van der Waals surface area contributed by atoms with Gasteiger partial charge in [0, 0.05) is 5.41 Å². The van der Waals surface area contributed by atoms with E-state index < -0.39 is 21.3 Å². The van der Waals surface area contributed by atoms with E-state index in [9.17, 15) is 4.57 Å². The monoisotopic (exact) mass is 612 g/mol. The first-order valence-corrected chi connectivity index (χ1v) is 19.4. The summed E-state index contributed by atoms with van der Waals surface area (Å²) >= 11 is 0. The van der Waals surface area contributed by atoms with Crippen molar-refractivity contribution in [2.45, 2.75) is 116 Å². The second-order valence-corrected chi connectivity index (χ2v) is 21.2. The van der Waals surface area contributed by atoms with Crippen molar-refractivity contribution in [3.8, 4) is 11.5 Å². The summed E-state index contributed by atoms with van der Waals surface area (Å²) in [5.41, 5.74) is 6.61. The van der Waals surface area contributed by atoms with Gasteiger partial charge in [0.1, 0.15) is 13.7 Å². The van der Waals surface area contributed by atoms with E-state index >= 15 is 0 Å². The third kappa shape index (κ3) is 9.65. The first-order chi connectivity index (χ1) is 19.9. The van der Waals surface area contributed by atoms with E-state index in [1.807, 2.05) is 60.7 Å². The lowest BCUT2D eigenvalue weighted by Crippen LogP contribution is -2.43. The Bertz CT molecular complexity index is 1110. The van der Waals surface area contributed by atoms with Crippen LogP contribution in [0.25, 0.3) is 0 Å². The molecule has 1 saturated heterocycles. The van der Waals surface area contributed by atoms with Crippen LogP contribution in [-0.2, 0) is 36.3 Å². The van der Waals surface area contributed by atoms with Gasteiger partial charge in [-0.2, -0.15) is 0 Å². The van der Waals surface area contributed by atoms with Crippen molar-refractivity contribution in [3.63, 3.8) is 0 Å². The lowest BCUT2D eigenvalue weighted by molar-refractivity contribution is -0.224. The van der Waals surface area contributed by atoms with Crippen LogP contribution in [0.3, 0.4) is 0 Å². The molecule has 0 aromatic heterocycles. The zero-order chi connectivity index (χ0) is 30.8. The van der Waals surface area contributed by atoms with Crippen LogP contribution in [0, 0.1) is 16.9 Å². The third-order valence-electron chi connectivity index (χ3n) is 8.45. The Hall–Kier alpha value is -1.71. The minimum atomic E-state index is -3.66. The molecule has 1 fully saturated rings. The van der Waals surface area contributed by atoms with Gasteiger partial charge in [-0.05, 0) is 47.0 Å². The summed E-state index contributed by atoms with van der Waals surface area (Å²) in [6.45, 7) is 19.8. The number of hydrogen-bond donors (Lipinski definition) is 0. The Morgan fingerprint density at radius 1 is 0.833 bits per heavy atom. The van der Waals surface area contributed by atoms with Crippen LogP contribution in [-0.4, -0.2) is 33.2 Å². The zero-order valence-electron chi connectivity index (χ0n) is 27.1. The minimum absolute atomic E-state index is 0.0231. The molecule has 1 aliphatic rings. The third-order valence-corrected chi connectivity index (χ3v) is 16.9. The van der Waals surface area contributed by atoms with Crippen molar-refractivity contribution in [1.29, 1.82) is 0 Å². The second-order valence-electron chi connectivity index (χ2n) is 13.4. The molecule has 0 N–H and O–H groups in total. The molecule has 232 valence electrons. The Morgan fingerprint density at radius 2 is 1.29 bits per heavy atom. The molecule has 7 heteroatoms. The van der Waals surface area contributed by atoms with Crippen LogP contribution in [0.15, 0.2) is 60.7 Å². The molecule has 1 atom stereocenters.